The number of aliphatic hydroxyl groups is 1. The highest BCUT2D eigenvalue weighted by molar-refractivity contribution is 5.29. The largest absolute Gasteiger partial charge is 0.494 e. The maximum absolute atomic E-state index is 8.69. The summed E-state index contributed by atoms with van der Waals surface area (Å²) < 4.78 is 5.52. The van der Waals surface area contributed by atoms with Crippen LogP contribution in [0.15, 0.2) is 24.3 Å². The molecule has 1 aromatic rings. The Morgan fingerprint density at radius 3 is 2.50 bits per heavy atom. The summed E-state index contributed by atoms with van der Waals surface area (Å²) in [5, 5.41) is 12.2. The molecule has 102 valence electrons. The van der Waals surface area contributed by atoms with Gasteiger partial charge in [0.05, 0.1) is 6.61 Å². The fraction of sp³-hybridized carbons (Fsp3) is 0.600. The molecule has 0 aliphatic carbocycles. The SMILES string of the molecule is CCCNC(CC)c1ccc(OCCCO)cc1. The van der Waals surface area contributed by atoms with Gasteiger partial charge in [0, 0.05) is 19.1 Å². The minimum absolute atomic E-state index is 0.178. The van der Waals surface area contributed by atoms with E-state index in [2.05, 4.69) is 31.3 Å². The van der Waals surface area contributed by atoms with Gasteiger partial charge in [-0.25, -0.2) is 0 Å². The van der Waals surface area contributed by atoms with Crippen molar-refractivity contribution in [3.63, 3.8) is 0 Å². The zero-order valence-electron chi connectivity index (χ0n) is 11.5. The number of nitrogens with one attached hydrogen (secondary N) is 1. The summed E-state index contributed by atoms with van der Waals surface area (Å²) in [5.74, 6) is 0.873. The summed E-state index contributed by atoms with van der Waals surface area (Å²) in [6.45, 7) is 6.17. The van der Waals surface area contributed by atoms with Gasteiger partial charge >= 0.3 is 0 Å². The van der Waals surface area contributed by atoms with E-state index in [1.807, 2.05) is 12.1 Å². The first-order valence-electron chi connectivity index (χ1n) is 6.88. The molecule has 0 saturated carbocycles. The number of aliphatic hydroxyl groups excluding tert-OH is 1. The van der Waals surface area contributed by atoms with E-state index in [1.165, 1.54) is 5.56 Å². The fourth-order valence-corrected chi connectivity index (χ4v) is 1.87. The maximum atomic E-state index is 8.69. The second kappa shape index (κ2) is 8.95. The van der Waals surface area contributed by atoms with Crippen LogP contribution in [0.25, 0.3) is 0 Å². The number of hydrogen-bond donors (Lipinski definition) is 2. The van der Waals surface area contributed by atoms with Crippen LogP contribution in [-0.4, -0.2) is 24.9 Å². The Balaban J connectivity index is 2.51. The van der Waals surface area contributed by atoms with Crippen molar-refractivity contribution in [1.82, 2.24) is 5.32 Å². The molecule has 0 heterocycles. The van der Waals surface area contributed by atoms with E-state index in [1.54, 1.807) is 0 Å². The Bertz CT molecular complexity index is 311. The van der Waals surface area contributed by atoms with Crippen molar-refractivity contribution in [3.05, 3.63) is 29.8 Å². The van der Waals surface area contributed by atoms with Crippen molar-refractivity contribution >= 4 is 0 Å². The zero-order chi connectivity index (χ0) is 13.2. The maximum Gasteiger partial charge on any atom is 0.119 e. The van der Waals surface area contributed by atoms with Crippen molar-refractivity contribution in [2.75, 3.05) is 19.8 Å². The molecule has 0 saturated heterocycles. The quantitative estimate of drug-likeness (QED) is 0.663. The average molecular weight is 251 g/mol. The summed E-state index contributed by atoms with van der Waals surface area (Å²) in [6, 6.07) is 8.67. The first-order chi connectivity index (χ1) is 8.81. The average Bonchev–Trinajstić information content (AvgIpc) is 2.41. The van der Waals surface area contributed by atoms with Crippen molar-refractivity contribution in [2.45, 2.75) is 39.2 Å². The van der Waals surface area contributed by atoms with Crippen LogP contribution in [0.1, 0.15) is 44.7 Å². The Morgan fingerprint density at radius 2 is 1.94 bits per heavy atom. The lowest BCUT2D eigenvalue weighted by Gasteiger charge is -2.17. The second-order valence-corrected chi connectivity index (χ2v) is 4.41. The zero-order valence-corrected chi connectivity index (χ0v) is 11.5. The third-order valence-corrected chi connectivity index (χ3v) is 2.90. The third-order valence-electron chi connectivity index (χ3n) is 2.90. The Kier molecular flexibility index (Phi) is 7.46. The van der Waals surface area contributed by atoms with Crippen LogP contribution in [-0.2, 0) is 0 Å². The molecule has 1 atom stereocenters. The number of ether oxygens (including phenoxy) is 1. The molecule has 1 aromatic carbocycles. The molecule has 18 heavy (non-hydrogen) atoms. The first kappa shape index (κ1) is 15.0. The standard InChI is InChI=1S/C15H25NO2/c1-3-10-16-15(4-2)13-6-8-14(9-7-13)18-12-5-11-17/h6-9,15-17H,3-5,10-12H2,1-2H3. The molecule has 0 aliphatic rings. The summed E-state index contributed by atoms with van der Waals surface area (Å²) in [5.41, 5.74) is 1.31. The van der Waals surface area contributed by atoms with Crippen LogP contribution in [0.4, 0.5) is 0 Å². The van der Waals surface area contributed by atoms with Gasteiger partial charge in [-0.2, -0.15) is 0 Å². The van der Waals surface area contributed by atoms with Gasteiger partial charge < -0.3 is 15.2 Å². The fourth-order valence-electron chi connectivity index (χ4n) is 1.87. The van der Waals surface area contributed by atoms with Gasteiger partial charge in [-0.05, 0) is 37.1 Å². The van der Waals surface area contributed by atoms with E-state index in [9.17, 15) is 0 Å². The molecule has 3 heteroatoms. The van der Waals surface area contributed by atoms with Gasteiger partial charge in [-0.3, -0.25) is 0 Å². The Hall–Kier alpha value is -1.06. The monoisotopic (exact) mass is 251 g/mol. The second-order valence-electron chi connectivity index (χ2n) is 4.41. The predicted molar refractivity (Wildman–Crippen MR) is 75.0 cm³/mol. The molecule has 2 N–H and O–H groups in total. The molecule has 1 unspecified atom stereocenters. The van der Waals surface area contributed by atoms with E-state index in [-0.39, 0.29) is 6.61 Å². The van der Waals surface area contributed by atoms with Gasteiger partial charge in [-0.15, -0.1) is 0 Å². The van der Waals surface area contributed by atoms with Gasteiger partial charge in [-0.1, -0.05) is 26.0 Å². The summed E-state index contributed by atoms with van der Waals surface area (Å²) in [7, 11) is 0. The van der Waals surface area contributed by atoms with Crippen LogP contribution in [0.2, 0.25) is 0 Å². The molecule has 0 bridgehead atoms. The minimum atomic E-state index is 0.178. The Labute approximate surface area is 110 Å². The van der Waals surface area contributed by atoms with Crippen molar-refractivity contribution < 1.29 is 9.84 Å². The number of rotatable bonds is 9. The highest BCUT2D eigenvalue weighted by Crippen LogP contribution is 2.20. The van der Waals surface area contributed by atoms with Gasteiger partial charge in [0.1, 0.15) is 5.75 Å². The molecule has 0 spiro atoms. The molecule has 0 aliphatic heterocycles. The van der Waals surface area contributed by atoms with Crippen molar-refractivity contribution in [1.29, 1.82) is 0 Å². The van der Waals surface area contributed by atoms with Gasteiger partial charge in [0.2, 0.25) is 0 Å². The topological polar surface area (TPSA) is 41.5 Å². The molecule has 0 radical (unpaired) electrons. The molecule has 0 fully saturated rings. The Morgan fingerprint density at radius 1 is 1.22 bits per heavy atom. The lowest BCUT2D eigenvalue weighted by molar-refractivity contribution is 0.233. The van der Waals surface area contributed by atoms with Gasteiger partial charge in [0.25, 0.3) is 0 Å². The van der Waals surface area contributed by atoms with Gasteiger partial charge in [0.15, 0.2) is 0 Å². The smallest absolute Gasteiger partial charge is 0.119 e. The van der Waals surface area contributed by atoms with Crippen LogP contribution in [0, 0.1) is 0 Å². The lowest BCUT2D eigenvalue weighted by atomic mass is 10.0. The third kappa shape index (κ3) is 5.07. The van der Waals surface area contributed by atoms with Crippen LogP contribution >= 0.6 is 0 Å². The molecule has 3 nitrogen and oxygen atoms in total. The van der Waals surface area contributed by atoms with E-state index >= 15 is 0 Å². The highest BCUT2D eigenvalue weighted by atomic mass is 16.5. The van der Waals surface area contributed by atoms with Crippen LogP contribution < -0.4 is 10.1 Å². The minimum Gasteiger partial charge on any atom is -0.494 e. The predicted octanol–water partition coefficient (Wildman–Crippen LogP) is 2.90. The summed E-state index contributed by atoms with van der Waals surface area (Å²) in [4.78, 5) is 0. The molecule has 0 aromatic heterocycles. The van der Waals surface area contributed by atoms with E-state index in [0.717, 1.165) is 25.1 Å². The summed E-state index contributed by atoms with van der Waals surface area (Å²) in [6.07, 6.45) is 2.92. The molecular weight excluding hydrogens is 226 g/mol. The van der Waals surface area contributed by atoms with E-state index < -0.39 is 0 Å². The van der Waals surface area contributed by atoms with Crippen LogP contribution in [0.3, 0.4) is 0 Å². The lowest BCUT2D eigenvalue weighted by Crippen LogP contribution is -2.21. The molecule has 0 amide bonds. The summed E-state index contributed by atoms with van der Waals surface area (Å²) >= 11 is 0. The van der Waals surface area contributed by atoms with Crippen molar-refractivity contribution in [3.8, 4) is 5.75 Å². The van der Waals surface area contributed by atoms with Crippen molar-refractivity contribution in [2.24, 2.45) is 0 Å². The first-order valence-corrected chi connectivity index (χ1v) is 6.88. The molecular formula is C15H25NO2. The number of benzene rings is 1. The van der Waals surface area contributed by atoms with Crippen LogP contribution in [0.5, 0.6) is 5.75 Å². The van der Waals surface area contributed by atoms with E-state index in [4.69, 9.17) is 9.84 Å². The normalized spacial score (nSPS) is 12.4. The highest BCUT2D eigenvalue weighted by Gasteiger charge is 2.07. The van der Waals surface area contributed by atoms with E-state index in [0.29, 0.717) is 19.1 Å². The number of hydrogen-bond acceptors (Lipinski definition) is 3. The molecule has 1 rings (SSSR count).